The molecule has 0 saturated heterocycles. The molecule has 0 bridgehead atoms. The summed E-state index contributed by atoms with van der Waals surface area (Å²) in [6, 6.07) is 83.4. The Hall–Kier alpha value is -7.52. The molecule has 0 unspecified atom stereocenters. The molecule has 0 saturated carbocycles. The number of benzene rings is 10. The minimum atomic E-state index is -0.436. The van der Waals surface area contributed by atoms with E-state index in [0.717, 1.165) is 5.69 Å². The summed E-state index contributed by atoms with van der Waals surface area (Å²) in [6.45, 7) is 0. The number of hydrogen-bond acceptors (Lipinski definition) is 2. The highest BCUT2D eigenvalue weighted by atomic mass is 32.1. The summed E-state index contributed by atoms with van der Waals surface area (Å²) in [5, 5.41) is 5.14. The van der Waals surface area contributed by atoms with Crippen LogP contribution in [0.5, 0.6) is 0 Å². The van der Waals surface area contributed by atoms with Crippen LogP contribution >= 0.6 is 11.3 Å². The van der Waals surface area contributed by atoms with Gasteiger partial charge in [-0.15, -0.1) is 11.3 Å². The molecule has 0 amide bonds. The Morgan fingerprint density at radius 2 is 0.803 bits per heavy atom. The first-order chi connectivity index (χ1) is 30.3. The Bertz CT molecular complexity index is 3480. The van der Waals surface area contributed by atoms with Crippen LogP contribution in [0.4, 0.5) is 17.1 Å². The van der Waals surface area contributed by atoms with Crippen molar-refractivity contribution < 1.29 is 0 Å². The van der Waals surface area contributed by atoms with Gasteiger partial charge in [0, 0.05) is 32.1 Å². The van der Waals surface area contributed by atoms with Crippen molar-refractivity contribution in [3.63, 3.8) is 0 Å². The summed E-state index contributed by atoms with van der Waals surface area (Å²) in [4.78, 5) is 2.55. The second-order valence-corrected chi connectivity index (χ2v) is 17.3. The molecule has 1 heterocycles. The second kappa shape index (κ2) is 13.2. The van der Waals surface area contributed by atoms with Crippen LogP contribution < -0.4 is 4.90 Å². The van der Waals surface area contributed by atoms with Crippen molar-refractivity contribution in [2.24, 2.45) is 0 Å². The van der Waals surface area contributed by atoms with Gasteiger partial charge in [-0.1, -0.05) is 194 Å². The molecule has 2 heteroatoms. The molecule has 2 aliphatic carbocycles. The zero-order valence-corrected chi connectivity index (χ0v) is 34.0. The summed E-state index contributed by atoms with van der Waals surface area (Å²) < 4.78 is 2.59. The molecule has 0 fully saturated rings. The molecule has 0 atom stereocenters. The Morgan fingerprint density at radius 3 is 1.51 bits per heavy atom. The summed E-state index contributed by atoms with van der Waals surface area (Å²) in [5.41, 5.74) is 18.5. The quantitative estimate of drug-likeness (QED) is 0.168. The predicted molar refractivity (Wildman–Crippen MR) is 259 cm³/mol. The average molecular weight is 792 g/mol. The van der Waals surface area contributed by atoms with Crippen LogP contribution in [0.1, 0.15) is 22.3 Å². The van der Waals surface area contributed by atoms with Crippen molar-refractivity contribution in [3.8, 4) is 44.5 Å². The molecule has 13 rings (SSSR count). The normalized spacial score (nSPS) is 13.0. The molecule has 0 N–H and O–H groups in total. The van der Waals surface area contributed by atoms with Crippen molar-refractivity contribution in [2.75, 3.05) is 4.90 Å². The fourth-order valence-corrected chi connectivity index (χ4v) is 12.1. The zero-order chi connectivity index (χ0) is 40.1. The third-order valence-corrected chi connectivity index (χ3v) is 14.6. The van der Waals surface area contributed by atoms with Gasteiger partial charge in [-0.3, -0.25) is 0 Å². The van der Waals surface area contributed by atoms with Crippen molar-refractivity contribution in [1.29, 1.82) is 0 Å². The van der Waals surface area contributed by atoms with E-state index in [0.29, 0.717) is 0 Å². The van der Waals surface area contributed by atoms with Crippen LogP contribution in [0, 0.1) is 0 Å². The Labute approximate surface area is 359 Å². The Balaban J connectivity index is 1.11. The summed E-state index contributed by atoms with van der Waals surface area (Å²) in [6.07, 6.45) is 0. The smallest absolute Gasteiger partial charge is 0.0726 e. The molecule has 1 spiro atoms. The van der Waals surface area contributed by atoms with Gasteiger partial charge >= 0.3 is 0 Å². The van der Waals surface area contributed by atoms with E-state index in [1.54, 1.807) is 0 Å². The molecular weight excluding hydrogens is 755 g/mol. The van der Waals surface area contributed by atoms with Gasteiger partial charge in [-0.25, -0.2) is 0 Å². The standard InChI is InChI=1S/C59H37NS/c1-3-17-38(18-4-1)39-33-35-41(36-34-39)60(55-32-15-26-46-49-37-48(40-19-5-2-6-20-40)42-21-7-8-24-45(42)57(49)61-58(46)55)54-31-16-30-53-56(54)47-25-11-14-29-52(47)59(53)50-27-12-9-22-43(50)44-23-10-13-28-51(44)59/h1-37H. The zero-order valence-electron chi connectivity index (χ0n) is 33.2. The van der Waals surface area contributed by atoms with Gasteiger partial charge in [0.2, 0.25) is 0 Å². The molecule has 1 nitrogen and oxygen atoms in total. The maximum atomic E-state index is 2.55. The molecule has 10 aromatic carbocycles. The summed E-state index contributed by atoms with van der Waals surface area (Å²) in [5.74, 6) is 0. The third-order valence-electron chi connectivity index (χ3n) is 13.3. The first-order valence-electron chi connectivity index (χ1n) is 21.1. The van der Waals surface area contributed by atoms with Gasteiger partial charge in [0.25, 0.3) is 0 Å². The van der Waals surface area contributed by atoms with Crippen LogP contribution in [-0.4, -0.2) is 0 Å². The van der Waals surface area contributed by atoms with Crippen molar-refractivity contribution >= 4 is 59.3 Å². The fraction of sp³-hybridized carbons (Fsp3) is 0.0169. The number of fused-ring (bicyclic) bond motifs is 15. The first-order valence-corrected chi connectivity index (χ1v) is 21.9. The van der Waals surface area contributed by atoms with E-state index in [2.05, 4.69) is 229 Å². The number of nitrogens with zero attached hydrogens (tertiary/aromatic N) is 1. The Morgan fingerprint density at radius 1 is 0.311 bits per heavy atom. The van der Waals surface area contributed by atoms with E-state index in [9.17, 15) is 0 Å². The number of anilines is 3. The third kappa shape index (κ3) is 4.83. The lowest BCUT2D eigenvalue weighted by Gasteiger charge is -2.32. The highest BCUT2D eigenvalue weighted by Crippen LogP contribution is 2.65. The van der Waals surface area contributed by atoms with E-state index >= 15 is 0 Å². The van der Waals surface area contributed by atoms with Crippen LogP contribution in [0.25, 0.3) is 75.5 Å². The van der Waals surface area contributed by atoms with Gasteiger partial charge in [-0.2, -0.15) is 0 Å². The fourth-order valence-electron chi connectivity index (χ4n) is 10.8. The van der Waals surface area contributed by atoms with Crippen LogP contribution in [0.2, 0.25) is 0 Å². The van der Waals surface area contributed by atoms with E-state index < -0.39 is 5.41 Å². The highest BCUT2D eigenvalue weighted by Gasteiger charge is 2.52. The van der Waals surface area contributed by atoms with Gasteiger partial charge in [0.15, 0.2) is 0 Å². The van der Waals surface area contributed by atoms with Gasteiger partial charge in [0.1, 0.15) is 0 Å². The Kier molecular flexibility index (Phi) is 7.46. The van der Waals surface area contributed by atoms with E-state index in [4.69, 9.17) is 0 Å². The van der Waals surface area contributed by atoms with Crippen LogP contribution in [0.15, 0.2) is 224 Å². The summed E-state index contributed by atoms with van der Waals surface area (Å²) >= 11 is 1.92. The number of rotatable bonds is 5. The van der Waals surface area contributed by atoms with Crippen molar-refractivity contribution in [2.45, 2.75) is 5.41 Å². The van der Waals surface area contributed by atoms with Crippen molar-refractivity contribution in [3.05, 3.63) is 247 Å². The SMILES string of the molecule is c1ccc(-c2ccc(N(c3cccc4c3-c3ccccc3C43c4ccccc4-c4ccccc43)c3cccc4c3sc3c5ccccc5c(-c5ccccc5)cc43)cc2)cc1. The maximum Gasteiger partial charge on any atom is 0.0726 e. The predicted octanol–water partition coefficient (Wildman–Crippen LogP) is 16.4. The van der Waals surface area contributed by atoms with Crippen LogP contribution in [-0.2, 0) is 5.41 Å². The topological polar surface area (TPSA) is 3.24 Å². The number of thiophene rings is 1. The lowest BCUT2D eigenvalue weighted by molar-refractivity contribution is 0.794. The van der Waals surface area contributed by atoms with Crippen molar-refractivity contribution in [1.82, 2.24) is 0 Å². The minimum absolute atomic E-state index is 0.436. The minimum Gasteiger partial charge on any atom is -0.308 e. The first kappa shape index (κ1) is 34.4. The molecular formula is C59H37NS. The molecule has 2 aliphatic rings. The molecule has 61 heavy (non-hydrogen) atoms. The molecule has 0 aliphatic heterocycles. The largest absolute Gasteiger partial charge is 0.308 e. The average Bonchev–Trinajstić information content (AvgIpc) is 3.97. The molecule has 1 aromatic heterocycles. The van der Waals surface area contributed by atoms with Crippen LogP contribution in [0.3, 0.4) is 0 Å². The number of hydrogen-bond donors (Lipinski definition) is 0. The van der Waals surface area contributed by atoms with E-state index in [1.807, 2.05) is 11.3 Å². The lowest BCUT2D eigenvalue weighted by atomic mass is 9.70. The van der Waals surface area contributed by atoms with Gasteiger partial charge in [-0.05, 0) is 96.9 Å². The molecule has 284 valence electrons. The monoisotopic (exact) mass is 791 g/mol. The second-order valence-electron chi connectivity index (χ2n) is 16.3. The van der Waals surface area contributed by atoms with E-state index in [1.165, 1.54) is 109 Å². The lowest BCUT2D eigenvalue weighted by Crippen LogP contribution is -2.26. The maximum absolute atomic E-state index is 2.55. The molecule has 0 radical (unpaired) electrons. The van der Waals surface area contributed by atoms with Gasteiger partial charge in [0.05, 0.1) is 21.5 Å². The van der Waals surface area contributed by atoms with E-state index in [-0.39, 0.29) is 0 Å². The summed E-state index contributed by atoms with van der Waals surface area (Å²) in [7, 11) is 0. The molecule has 11 aromatic rings. The highest BCUT2D eigenvalue weighted by molar-refractivity contribution is 7.27. The van der Waals surface area contributed by atoms with Gasteiger partial charge < -0.3 is 4.90 Å².